The van der Waals surface area contributed by atoms with E-state index in [0.29, 0.717) is 0 Å². The van der Waals surface area contributed by atoms with Gasteiger partial charge in [-0.15, -0.1) is 0 Å². The van der Waals surface area contributed by atoms with Crippen LogP contribution in [0, 0.1) is 0 Å². The molecule has 0 rings (SSSR count). The molecular formula is C16H18F17O4P. The normalized spacial score (nSPS) is 17.0. The molecule has 0 aromatic rings. The highest BCUT2D eigenvalue weighted by Crippen LogP contribution is 2.64. The van der Waals surface area contributed by atoms with Crippen LogP contribution in [0.1, 0.15) is 39.0 Å². The maximum Gasteiger partial charge on any atom is 0.472 e. The van der Waals surface area contributed by atoms with Crippen molar-refractivity contribution in [3.8, 4) is 0 Å². The minimum Gasteiger partial charge on any atom is -0.302 e. The molecule has 0 saturated heterocycles. The van der Waals surface area contributed by atoms with Crippen LogP contribution in [0.5, 0.6) is 0 Å². The molecule has 22 heteroatoms. The number of alkyl halides is 17. The molecule has 0 radical (unpaired) electrons. The van der Waals surface area contributed by atoms with Gasteiger partial charge >= 0.3 is 55.5 Å². The highest BCUT2D eigenvalue weighted by molar-refractivity contribution is 7.47. The minimum absolute atomic E-state index is 0.245. The lowest BCUT2D eigenvalue weighted by Gasteiger charge is -2.42. The van der Waals surface area contributed by atoms with Crippen molar-refractivity contribution in [3.05, 3.63) is 0 Å². The topological polar surface area (TPSA) is 55.8 Å². The third kappa shape index (κ3) is 6.62. The van der Waals surface area contributed by atoms with Gasteiger partial charge in [-0.3, -0.25) is 9.05 Å². The third-order valence-electron chi connectivity index (χ3n) is 4.64. The van der Waals surface area contributed by atoms with Gasteiger partial charge in [0, 0.05) is 6.42 Å². The van der Waals surface area contributed by atoms with Crippen LogP contribution in [-0.4, -0.2) is 65.7 Å². The number of halogens is 17. The van der Waals surface area contributed by atoms with Crippen molar-refractivity contribution >= 4 is 7.82 Å². The Kier molecular flexibility index (Phi) is 11.1. The second kappa shape index (κ2) is 11.4. The first kappa shape index (κ1) is 36.9. The Morgan fingerprint density at radius 3 is 1.32 bits per heavy atom. The van der Waals surface area contributed by atoms with Gasteiger partial charge in [-0.1, -0.05) is 13.3 Å². The third-order valence-corrected chi connectivity index (χ3v) is 5.65. The van der Waals surface area contributed by atoms with E-state index in [4.69, 9.17) is 4.89 Å². The number of hydrogen-bond donors (Lipinski definition) is 1. The van der Waals surface area contributed by atoms with E-state index >= 15 is 0 Å². The van der Waals surface area contributed by atoms with Crippen molar-refractivity contribution in [1.82, 2.24) is 0 Å². The summed E-state index contributed by atoms with van der Waals surface area (Å²) in [6.07, 6.45) is -12.8. The van der Waals surface area contributed by atoms with Crippen molar-refractivity contribution in [3.63, 3.8) is 0 Å². The van der Waals surface area contributed by atoms with E-state index in [1.165, 1.54) is 6.92 Å². The summed E-state index contributed by atoms with van der Waals surface area (Å²) >= 11 is 0. The van der Waals surface area contributed by atoms with Gasteiger partial charge < -0.3 is 4.89 Å². The Hall–Kier alpha value is -1.08. The van der Waals surface area contributed by atoms with Crippen LogP contribution in [0.4, 0.5) is 74.6 Å². The summed E-state index contributed by atoms with van der Waals surface area (Å²) in [5.41, 5.74) is 0. The molecule has 1 unspecified atom stereocenters. The molecular weight excluding hydrogens is 610 g/mol. The molecule has 0 aromatic heterocycles. The number of unbranched alkanes of at least 4 members (excludes halogenated alkanes) is 2. The molecule has 0 bridgehead atoms. The Labute approximate surface area is 202 Å². The summed E-state index contributed by atoms with van der Waals surface area (Å²) in [7, 11) is -4.62. The van der Waals surface area contributed by atoms with Crippen molar-refractivity contribution in [1.29, 1.82) is 0 Å². The van der Waals surface area contributed by atoms with Gasteiger partial charge in [0.05, 0.1) is 13.2 Å². The van der Waals surface area contributed by atoms with Crippen LogP contribution in [-0.2, 0) is 13.6 Å². The van der Waals surface area contributed by atoms with Crippen LogP contribution in [0.15, 0.2) is 0 Å². The largest absolute Gasteiger partial charge is 0.472 e. The van der Waals surface area contributed by atoms with E-state index in [2.05, 4.69) is 9.05 Å². The number of hydrogen-bond acceptors (Lipinski definition) is 3. The van der Waals surface area contributed by atoms with Crippen molar-refractivity contribution in [2.45, 2.75) is 86.7 Å². The predicted molar refractivity (Wildman–Crippen MR) is 91.2 cm³/mol. The van der Waals surface area contributed by atoms with Crippen LogP contribution in [0.25, 0.3) is 0 Å². The fourth-order valence-corrected chi connectivity index (χ4v) is 3.25. The number of rotatable bonds is 16. The lowest BCUT2D eigenvalue weighted by atomic mass is 9.88. The van der Waals surface area contributed by atoms with Gasteiger partial charge in [-0.25, -0.2) is 4.57 Å². The molecule has 38 heavy (non-hydrogen) atoms. The Morgan fingerprint density at radius 2 is 0.921 bits per heavy atom. The van der Waals surface area contributed by atoms with Crippen LogP contribution in [0.2, 0.25) is 0 Å². The molecule has 0 saturated carbocycles. The average Bonchev–Trinajstić information content (AvgIpc) is 2.73. The molecule has 0 aromatic carbocycles. The zero-order valence-corrected chi connectivity index (χ0v) is 19.4. The summed E-state index contributed by atoms with van der Waals surface area (Å²) in [5, 5.41) is 0. The maximum absolute atomic E-state index is 13.7. The van der Waals surface area contributed by atoms with Crippen molar-refractivity contribution < 1.29 is 93.1 Å². The zero-order valence-electron chi connectivity index (χ0n) is 18.5. The van der Waals surface area contributed by atoms with Crippen LogP contribution < -0.4 is 0 Å². The van der Waals surface area contributed by atoms with Gasteiger partial charge in [0.2, 0.25) is 0 Å². The Morgan fingerprint density at radius 1 is 0.553 bits per heavy atom. The molecule has 1 N–H and O–H groups in total. The number of phosphoric acid groups is 1. The highest BCUT2D eigenvalue weighted by Gasteiger charge is 2.95. The quantitative estimate of drug-likeness (QED) is 0.107. The van der Waals surface area contributed by atoms with Crippen molar-refractivity contribution in [2.75, 3.05) is 13.2 Å². The standard InChI is InChI=1S/C16H18F17O4P/c1-2-7-36-38(34,35)37-8-5-3-4-6-9(17,18)10(19,20)11(21,22)12(23,24)13(25,26)14(27,28)15(29,30)16(31,32)33/h2-8H2,1H3,(H,34,35). The molecule has 230 valence electrons. The molecule has 0 fully saturated rings. The summed E-state index contributed by atoms with van der Waals surface area (Å²) in [5.74, 6) is -56.5. The second-order valence-electron chi connectivity index (χ2n) is 7.59. The Balaban J connectivity index is 5.74. The molecule has 4 nitrogen and oxygen atoms in total. The molecule has 0 aliphatic carbocycles. The first-order chi connectivity index (χ1) is 16.5. The molecule has 0 spiro atoms. The van der Waals surface area contributed by atoms with Gasteiger partial charge in [0.25, 0.3) is 0 Å². The second-order valence-corrected chi connectivity index (χ2v) is 9.05. The van der Waals surface area contributed by atoms with Crippen molar-refractivity contribution in [2.24, 2.45) is 0 Å². The summed E-state index contributed by atoms with van der Waals surface area (Å²) in [4.78, 5) is 9.14. The van der Waals surface area contributed by atoms with Gasteiger partial charge in [0.1, 0.15) is 0 Å². The average molecular weight is 628 g/mol. The molecule has 0 aliphatic heterocycles. The van der Waals surface area contributed by atoms with E-state index in [0.717, 1.165) is 0 Å². The zero-order chi connectivity index (χ0) is 30.9. The predicted octanol–water partition coefficient (Wildman–Crippen LogP) is 8.10. The molecule has 0 heterocycles. The summed E-state index contributed by atoms with van der Waals surface area (Å²) in [6, 6.07) is 0. The highest BCUT2D eigenvalue weighted by atomic mass is 31.2. The van der Waals surface area contributed by atoms with Gasteiger partial charge in [-0.05, 0) is 19.3 Å². The fraction of sp³-hybridized carbons (Fsp3) is 1.00. The van der Waals surface area contributed by atoms with E-state index in [9.17, 15) is 79.2 Å². The monoisotopic (exact) mass is 628 g/mol. The summed E-state index contributed by atoms with van der Waals surface area (Å²) < 4.78 is 244. The lowest BCUT2D eigenvalue weighted by Crippen LogP contribution is -2.74. The molecule has 0 amide bonds. The first-order valence-corrected chi connectivity index (χ1v) is 11.3. The van der Waals surface area contributed by atoms with Gasteiger partial charge in [0.15, 0.2) is 0 Å². The van der Waals surface area contributed by atoms with E-state index in [-0.39, 0.29) is 13.0 Å². The number of phosphoric ester groups is 1. The fourth-order valence-electron chi connectivity index (χ4n) is 2.40. The summed E-state index contributed by atoms with van der Waals surface area (Å²) in [6.45, 7) is 0.453. The van der Waals surface area contributed by atoms with Gasteiger partial charge in [-0.2, -0.15) is 74.6 Å². The van der Waals surface area contributed by atoms with Crippen LogP contribution >= 0.6 is 7.82 Å². The molecule has 1 atom stereocenters. The van der Waals surface area contributed by atoms with E-state index in [1.54, 1.807) is 0 Å². The smallest absolute Gasteiger partial charge is 0.302 e. The SMILES string of the molecule is CCCOP(=O)(O)OCCCCCC(F)(F)C(F)(F)C(F)(F)C(F)(F)C(F)(F)C(F)(F)C(F)(F)C(F)(F)F. The molecule has 0 aliphatic rings. The lowest BCUT2D eigenvalue weighted by molar-refractivity contribution is -0.461. The first-order valence-electron chi connectivity index (χ1n) is 9.85. The minimum atomic E-state index is -8.66. The van der Waals surface area contributed by atoms with E-state index in [1.807, 2.05) is 0 Å². The van der Waals surface area contributed by atoms with E-state index < -0.39 is 87.7 Å². The van der Waals surface area contributed by atoms with Crippen LogP contribution in [0.3, 0.4) is 0 Å². The Bertz CT molecular complexity index is 827. The maximum atomic E-state index is 13.7.